The van der Waals surface area contributed by atoms with Crippen LogP contribution in [0, 0.1) is 11.7 Å². The number of hydrogen-bond donors (Lipinski definition) is 0. The van der Waals surface area contributed by atoms with E-state index in [9.17, 15) is 9.18 Å². The van der Waals surface area contributed by atoms with Gasteiger partial charge in [-0.3, -0.25) is 4.79 Å². The molecular weight excluding hydrogens is 311 g/mol. The highest BCUT2D eigenvalue weighted by molar-refractivity contribution is 7.09. The van der Waals surface area contributed by atoms with Gasteiger partial charge in [0.05, 0.1) is 5.01 Å². The van der Waals surface area contributed by atoms with Crippen LogP contribution in [-0.4, -0.2) is 21.8 Å². The summed E-state index contributed by atoms with van der Waals surface area (Å²) >= 11 is 1.53. The number of benzene rings is 1. The number of hydrogen-bond acceptors (Lipinski definition) is 3. The Balaban J connectivity index is 1.77. The number of amides is 1. The van der Waals surface area contributed by atoms with Crippen molar-refractivity contribution < 1.29 is 9.18 Å². The first kappa shape index (κ1) is 16.1. The highest BCUT2D eigenvalue weighted by Crippen LogP contribution is 2.30. The van der Waals surface area contributed by atoms with Gasteiger partial charge in [-0.15, -0.1) is 11.3 Å². The minimum atomic E-state index is -0.260. The summed E-state index contributed by atoms with van der Waals surface area (Å²) < 4.78 is 13.9. The molecule has 122 valence electrons. The number of carbonyl (C=O) groups excluding carboxylic acids is 1. The van der Waals surface area contributed by atoms with Gasteiger partial charge in [-0.2, -0.15) is 0 Å². The molecule has 1 heterocycles. The van der Waals surface area contributed by atoms with Crippen LogP contribution in [0.4, 0.5) is 4.39 Å². The Morgan fingerprint density at radius 2 is 2.13 bits per heavy atom. The smallest absolute Gasteiger partial charge is 0.273 e. The summed E-state index contributed by atoms with van der Waals surface area (Å²) in [7, 11) is 0. The second-order valence-electron chi connectivity index (χ2n) is 6.48. The van der Waals surface area contributed by atoms with Gasteiger partial charge in [-0.1, -0.05) is 32.0 Å². The van der Waals surface area contributed by atoms with Crippen molar-refractivity contribution in [3.63, 3.8) is 0 Å². The van der Waals surface area contributed by atoms with Crippen LogP contribution in [0.2, 0.25) is 0 Å². The molecule has 0 atom stereocenters. The Morgan fingerprint density at radius 1 is 1.39 bits per heavy atom. The lowest BCUT2D eigenvalue weighted by atomic mass is 10.1. The van der Waals surface area contributed by atoms with Gasteiger partial charge in [0.2, 0.25) is 0 Å². The summed E-state index contributed by atoms with van der Waals surface area (Å²) in [5, 5.41) is 2.82. The van der Waals surface area contributed by atoms with Gasteiger partial charge < -0.3 is 4.90 Å². The van der Waals surface area contributed by atoms with E-state index >= 15 is 0 Å². The summed E-state index contributed by atoms with van der Waals surface area (Å²) in [5.41, 5.74) is 1.05. The maximum absolute atomic E-state index is 13.9. The third-order valence-corrected chi connectivity index (χ3v) is 4.77. The van der Waals surface area contributed by atoms with Crippen molar-refractivity contribution in [3.05, 3.63) is 51.7 Å². The lowest BCUT2D eigenvalue weighted by Crippen LogP contribution is -2.33. The van der Waals surface area contributed by atoms with E-state index in [0.717, 1.165) is 24.3 Å². The highest BCUT2D eigenvalue weighted by Gasteiger charge is 2.34. The van der Waals surface area contributed by atoms with Gasteiger partial charge in [0.1, 0.15) is 11.5 Å². The van der Waals surface area contributed by atoms with Crippen molar-refractivity contribution in [2.24, 2.45) is 5.92 Å². The second-order valence-corrected chi connectivity index (χ2v) is 7.42. The van der Waals surface area contributed by atoms with E-state index in [2.05, 4.69) is 18.8 Å². The standard InChI is InChI=1S/C18H21FN2OS/c1-12(2)9-17-20-16(11-23-17)18(22)21(14-7-8-14)10-13-5-3-4-6-15(13)19/h3-6,11-12,14H,7-10H2,1-2H3. The van der Waals surface area contributed by atoms with Crippen molar-refractivity contribution in [1.29, 1.82) is 0 Å². The zero-order chi connectivity index (χ0) is 16.4. The number of thiazole rings is 1. The fraction of sp³-hybridized carbons (Fsp3) is 0.444. The Labute approximate surface area is 140 Å². The van der Waals surface area contributed by atoms with Gasteiger partial charge >= 0.3 is 0 Å². The van der Waals surface area contributed by atoms with E-state index in [-0.39, 0.29) is 17.8 Å². The average Bonchev–Trinajstić information content (AvgIpc) is 3.25. The first-order valence-electron chi connectivity index (χ1n) is 8.03. The molecule has 1 amide bonds. The molecule has 0 saturated heterocycles. The molecule has 0 radical (unpaired) electrons. The maximum atomic E-state index is 13.9. The van der Waals surface area contributed by atoms with Gasteiger partial charge in [0.25, 0.3) is 5.91 Å². The normalized spacial score (nSPS) is 14.3. The molecule has 1 fully saturated rings. The zero-order valence-electron chi connectivity index (χ0n) is 13.5. The Bertz CT molecular complexity index is 694. The van der Waals surface area contributed by atoms with Gasteiger partial charge in [-0.25, -0.2) is 9.37 Å². The summed E-state index contributed by atoms with van der Waals surface area (Å²) in [6, 6.07) is 6.87. The summed E-state index contributed by atoms with van der Waals surface area (Å²) in [6.45, 7) is 4.59. The van der Waals surface area contributed by atoms with E-state index in [1.54, 1.807) is 23.1 Å². The van der Waals surface area contributed by atoms with Crippen molar-refractivity contribution >= 4 is 17.2 Å². The van der Waals surface area contributed by atoms with E-state index in [4.69, 9.17) is 0 Å². The van der Waals surface area contributed by atoms with Crippen LogP contribution in [0.1, 0.15) is 47.7 Å². The molecule has 1 saturated carbocycles. The lowest BCUT2D eigenvalue weighted by molar-refractivity contribution is 0.0723. The third kappa shape index (κ3) is 3.96. The zero-order valence-corrected chi connectivity index (χ0v) is 14.3. The Hall–Kier alpha value is -1.75. The number of halogens is 1. The van der Waals surface area contributed by atoms with Crippen molar-refractivity contribution in [1.82, 2.24) is 9.88 Å². The van der Waals surface area contributed by atoms with Crippen molar-refractivity contribution in [2.75, 3.05) is 0 Å². The van der Waals surface area contributed by atoms with Crippen LogP contribution in [0.3, 0.4) is 0 Å². The molecule has 3 nitrogen and oxygen atoms in total. The summed E-state index contributed by atoms with van der Waals surface area (Å²) in [5.74, 6) is 0.175. The summed E-state index contributed by atoms with van der Waals surface area (Å²) in [6.07, 6.45) is 2.86. The minimum absolute atomic E-state index is 0.0815. The van der Waals surface area contributed by atoms with Crippen LogP contribution < -0.4 is 0 Å². The number of carbonyl (C=O) groups is 1. The SMILES string of the molecule is CC(C)Cc1nc(C(=O)N(Cc2ccccc2F)C2CC2)cs1. The van der Waals surface area contributed by atoms with Gasteiger partial charge in [0, 0.05) is 30.0 Å². The average molecular weight is 332 g/mol. The monoisotopic (exact) mass is 332 g/mol. The number of rotatable bonds is 6. The van der Waals surface area contributed by atoms with E-state index in [1.165, 1.54) is 17.4 Å². The second kappa shape index (κ2) is 6.79. The molecule has 5 heteroatoms. The largest absolute Gasteiger partial charge is 0.330 e. The predicted octanol–water partition coefficient (Wildman–Crippen LogP) is 4.29. The maximum Gasteiger partial charge on any atom is 0.273 e. The molecular formula is C18H21FN2OS. The van der Waals surface area contributed by atoms with Gasteiger partial charge in [-0.05, 0) is 24.8 Å². The predicted molar refractivity (Wildman–Crippen MR) is 90.0 cm³/mol. The molecule has 1 aromatic carbocycles. The van der Waals surface area contributed by atoms with Crippen LogP contribution in [0.5, 0.6) is 0 Å². The molecule has 3 rings (SSSR count). The van der Waals surface area contributed by atoms with E-state index in [0.29, 0.717) is 23.7 Å². The minimum Gasteiger partial charge on any atom is -0.330 e. The lowest BCUT2D eigenvalue weighted by Gasteiger charge is -2.21. The third-order valence-electron chi connectivity index (χ3n) is 3.90. The topological polar surface area (TPSA) is 33.2 Å². The molecule has 1 aliphatic rings. The molecule has 0 aliphatic heterocycles. The molecule has 1 aliphatic carbocycles. The molecule has 0 spiro atoms. The van der Waals surface area contributed by atoms with Crippen LogP contribution in [-0.2, 0) is 13.0 Å². The Morgan fingerprint density at radius 3 is 2.78 bits per heavy atom. The van der Waals surface area contributed by atoms with Crippen molar-refractivity contribution in [2.45, 2.75) is 45.7 Å². The first-order chi connectivity index (χ1) is 11.0. The van der Waals surface area contributed by atoms with Crippen molar-refractivity contribution in [3.8, 4) is 0 Å². The highest BCUT2D eigenvalue weighted by atomic mass is 32.1. The fourth-order valence-electron chi connectivity index (χ4n) is 2.56. The van der Waals surface area contributed by atoms with Crippen LogP contribution in [0.15, 0.2) is 29.6 Å². The van der Waals surface area contributed by atoms with Crippen LogP contribution in [0.25, 0.3) is 0 Å². The first-order valence-corrected chi connectivity index (χ1v) is 8.91. The summed E-state index contributed by atoms with van der Waals surface area (Å²) in [4.78, 5) is 19.0. The van der Waals surface area contributed by atoms with E-state index in [1.807, 2.05) is 5.38 Å². The quantitative estimate of drug-likeness (QED) is 0.791. The molecule has 1 aromatic heterocycles. The Kier molecular flexibility index (Phi) is 4.76. The van der Waals surface area contributed by atoms with Gasteiger partial charge in [0.15, 0.2) is 0 Å². The number of aromatic nitrogens is 1. The fourth-order valence-corrected chi connectivity index (χ4v) is 3.54. The van der Waals surface area contributed by atoms with E-state index < -0.39 is 0 Å². The molecule has 0 N–H and O–H groups in total. The molecule has 2 aromatic rings. The molecule has 0 unspecified atom stereocenters. The van der Waals surface area contributed by atoms with Crippen LogP contribution >= 0.6 is 11.3 Å². The molecule has 0 bridgehead atoms. The number of nitrogens with zero attached hydrogens (tertiary/aromatic N) is 2. The molecule has 23 heavy (non-hydrogen) atoms.